The second-order valence-corrected chi connectivity index (χ2v) is 9.27. The number of ether oxygens (including phenoxy) is 1. The number of aromatic amines is 1. The summed E-state index contributed by atoms with van der Waals surface area (Å²) >= 11 is 6.35. The van der Waals surface area contributed by atoms with Crippen molar-refractivity contribution >= 4 is 22.6 Å². The summed E-state index contributed by atoms with van der Waals surface area (Å²) in [7, 11) is 1.55. The van der Waals surface area contributed by atoms with Gasteiger partial charge in [-0.15, -0.1) is 0 Å². The number of fused-ring (bicyclic) bond motifs is 1. The van der Waals surface area contributed by atoms with Gasteiger partial charge in [0, 0.05) is 46.1 Å². The van der Waals surface area contributed by atoms with Crippen LogP contribution >= 0.6 is 11.6 Å². The molecule has 0 saturated carbocycles. The molecule has 1 aromatic carbocycles. The second kappa shape index (κ2) is 8.80. The number of nitrogens with zero attached hydrogens (tertiary/aromatic N) is 3. The number of hydrogen-bond acceptors (Lipinski definition) is 4. The molecule has 174 valence electrons. The topological polar surface area (TPSA) is 76.0 Å². The van der Waals surface area contributed by atoms with E-state index in [4.69, 9.17) is 16.3 Å². The number of rotatable bonds is 7. The van der Waals surface area contributed by atoms with E-state index in [-0.39, 0.29) is 10.9 Å². The Morgan fingerprint density at radius 1 is 1.30 bits per heavy atom. The summed E-state index contributed by atoms with van der Waals surface area (Å²) in [5, 5.41) is 15.7. The Kier molecular flexibility index (Phi) is 6.20. The van der Waals surface area contributed by atoms with Gasteiger partial charge in [-0.1, -0.05) is 25.4 Å². The third-order valence-corrected chi connectivity index (χ3v) is 6.29. The van der Waals surface area contributed by atoms with Crippen LogP contribution in [0.1, 0.15) is 50.4 Å². The maximum Gasteiger partial charge on any atom is 0.142 e. The maximum absolute atomic E-state index is 14.3. The minimum Gasteiger partial charge on any atom is -0.496 e. The molecule has 1 unspecified atom stereocenters. The Balaban J connectivity index is 1.81. The van der Waals surface area contributed by atoms with Crippen molar-refractivity contribution in [3.05, 3.63) is 64.5 Å². The van der Waals surface area contributed by atoms with Crippen molar-refractivity contribution in [1.82, 2.24) is 19.7 Å². The lowest BCUT2D eigenvalue weighted by Crippen LogP contribution is -2.27. The monoisotopic (exact) mass is 470 g/mol. The van der Waals surface area contributed by atoms with Crippen molar-refractivity contribution in [3.63, 3.8) is 0 Å². The van der Waals surface area contributed by atoms with Gasteiger partial charge in [0.15, 0.2) is 0 Å². The summed E-state index contributed by atoms with van der Waals surface area (Å²) in [6.07, 6.45) is 6.27. The molecule has 3 aromatic heterocycles. The highest BCUT2D eigenvalue weighted by Crippen LogP contribution is 2.41. The predicted octanol–water partition coefficient (Wildman–Crippen LogP) is 5.71. The number of methoxy groups -OCH3 is 1. The molecule has 0 bridgehead atoms. The molecule has 0 spiro atoms. The Morgan fingerprint density at radius 3 is 2.73 bits per heavy atom. The van der Waals surface area contributed by atoms with Crippen molar-refractivity contribution in [2.45, 2.75) is 52.2 Å². The maximum atomic E-state index is 14.3. The zero-order chi connectivity index (χ0) is 23.9. The number of halogens is 2. The molecule has 2 N–H and O–H groups in total. The predicted molar refractivity (Wildman–Crippen MR) is 128 cm³/mol. The quantitative estimate of drug-likeness (QED) is 0.362. The van der Waals surface area contributed by atoms with Crippen molar-refractivity contribution in [2.75, 3.05) is 7.11 Å². The minimum atomic E-state index is -0.873. The number of nitrogens with one attached hydrogen (secondary N) is 1. The summed E-state index contributed by atoms with van der Waals surface area (Å²) in [4.78, 5) is 7.83. The summed E-state index contributed by atoms with van der Waals surface area (Å²) in [5.41, 5.74) is 4.31. The average molecular weight is 471 g/mol. The first-order valence-corrected chi connectivity index (χ1v) is 11.3. The number of pyridine rings is 1. The van der Waals surface area contributed by atoms with Gasteiger partial charge in [-0.3, -0.25) is 4.68 Å². The normalized spacial score (nSPS) is 13.0. The molecular weight excluding hydrogens is 443 g/mol. The number of aromatic nitrogens is 4. The molecule has 1 atom stereocenters. The van der Waals surface area contributed by atoms with Gasteiger partial charge in [0.05, 0.1) is 30.5 Å². The lowest BCUT2D eigenvalue weighted by Gasteiger charge is -2.19. The Morgan fingerprint density at radius 2 is 2.06 bits per heavy atom. The molecular formula is C25H28ClFN4O2. The van der Waals surface area contributed by atoms with E-state index in [1.807, 2.05) is 30.2 Å². The van der Waals surface area contributed by atoms with Crippen LogP contribution < -0.4 is 4.74 Å². The van der Waals surface area contributed by atoms with E-state index in [0.29, 0.717) is 17.9 Å². The molecule has 0 radical (unpaired) electrons. The van der Waals surface area contributed by atoms with Gasteiger partial charge in [-0.25, -0.2) is 9.37 Å². The third-order valence-electron chi connectivity index (χ3n) is 5.91. The lowest BCUT2D eigenvalue weighted by atomic mass is 9.91. The van der Waals surface area contributed by atoms with Gasteiger partial charge in [-0.05, 0) is 44.0 Å². The molecule has 0 aliphatic carbocycles. The lowest BCUT2D eigenvalue weighted by molar-refractivity contribution is 0.0569. The van der Waals surface area contributed by atoms with E-state index in [1.165, 1.54) is 6.07 Å². The Hall–Kier alpha value is -2.90. The SMILES string of the molecule is CCc1c(-c2cnc3[nH]cc(C(C)c4c(OC)ccc(F)c4Cl)c3c2)cnn1CC(C)(C)O. The van der Waals surface area contributed by atoms with Crippen LogP contribution in [0.15, 0.2) is 36.8 Å². The molecule has 8 heteroatoms. The standard InChI is InChI=1S/C25H28ClFN4O2/c1-6-20-18(12-30-31(20)13-25(3,4)32)15-9-16-17(11-29-24(16)28-10-15)14(2)22-21(33-5)8-7-19(27)23(22)26/h7-12,14,32H,6,13H2,1-5H3,(H,28,29). The molecule has 0 amide bonds. The minimum absolute atomic E-state index is 0.0569. The van der Waals surface area contributed by atoms with E-state index in [1.54, 1.807) is 27.0 Å². The highest BCUT2D eigenvalue weighted by atomic mass is 35.5. The van der Waals surface area contributed by atoms with Gasteiger partial charge < -0.3 is 14.8 Å². The van der Waals surface area contributed by atoms with Crippen LogP contribution in [-0.2, 0) is 13.0 Å². The largest absolute Gasteiger partial charge is 0.496 e. The van der Waals surface area contributed by atoms with E-state index in [9.17, 15) is 9.50 Å². The van der Waals surface area contributed by atoms with Crippen LogP contribution in [0.3, 0.4) is 0 Å². The van der Waals surface area contributed by atoms with Crippen molar-refractivity contribution < 1.29 is 14.2 Å². The molecule has 0 fully saturated rings. The fourth-order valence-corrected chi connectivity index (χ4v) is 4.66. The first kappa shape index (κ1) is 23.3. The molecule has 4 aromatic rings. The van der Waals surface area contributed by atoms with Gasteiger partial charge in [-0.2, -0.15) is 5.10 Å². The summed E-state index contributed by atoms with van der Waals surface area (Å²) < 4.78 is 21.6. The van der Waals surface area contributed by atoms with E-state index in [0.717, 1.165) is 39.8 Å². The molecule has 4 rings (SSSR count). The number of aliphatic hydroxyl groups is 1. The van der Waals surface area contributed by atoms with Crippen LogP contribution in [0.25, 0.3) is 22.2 Å². The number of benzene rings is 1. The molecule has 0 aliphatic rings. The van der Waals surface area contributed by atoms with Crippen LogP contribution in [0, 0.1) is 5.82 Å². The fourth-order valence-electron chi connectivity index (χ4n) is 4.34. The van der Waals surface area contributed by atoms with Crippen molar-refractivity contribution in [2.24, 2.45) is 0 Å². The van der Waals surface area contributed by atoms with Crippen LogP contribution in [0.4, 0.5) is 4.39 Å². The zero-order valence-electron chi connectivity index (χ0n) is 19.4. The Bertz CT molecular complexity index is 1310. The van der Waals surface area contributed by atoms with Gasteiger partial charge in [0.25, 0.3) is 0 Å². The zero-order valence-corrected chi connectivity index (χ0v) is 20.2. The van der Waals surface area contributed by atoms with E-state index < -0.39 is 11.4 Å². The van der Waals surface area contributed by atoms with Crippen molar-refractivity contribution in [1.29, 1.82) is 0 Å². The summed E-state index contributed by atoms with van der Waals surface area (Å²) in [6.45, 7) is 7.96. The van der Waals surface area contributed by atoms with Crippen LogP contribution in [0.5, 0.6) is 5.75 Å². The fraction of sp³-hybridized carbons (Fsp3) is 0.360. The average Bonchev–Trinajstić information content (AvgIpc) is 3.37. The van der Waals surface area contributed by atoms with Crippen molar-refractivity contribution in [3.8, 4) is 16.9 Å². The van der Waals surface area contributed by atoms with Crippen LogP contribution in [0.2, 0.25) is 5.02 Å². The molecule has 0 saturated heterocycles. The first-order valence-electron chi connectivity index (χ1n) is 10.9. The summed E-state index contributed by atoms with van der Waals surface area (Å²) in [5.74, 6) is -0.184. The Labute approximate surface area is 197 Å². The van der Waals surface area contributed by atoms with Gasteiger partial charge >= 0.3 is 0 Å². The number of H-pyrrole nitrogens is 1. The molecule has 33 heavy (non-hydrogen) atoms. The number of hydrogen-bond donors (Lipinski definition) is 2. The molecule has 0 aliphatic heterocycles. The second-order valence-electron chi connectivity index (χ2n) is 8.89. The van der Waals surface area contributed by atoms with E-state index in [2.05, 4.69) is 28.1 Å². The highest BCUT2D eigenvalue weighted by Gasteiger charge is 2.24. The highest BCUT2D eigenvalue weighted by molar-refractivity contribution is 6.31. The van der Waals surface area contributed by atoms with E-state index >= 15 is 0 Å². The third kappa shape index (κ3) is 4.35. The smallest absolute Gasteiger partial charge is 0.142 e. The first-order chi connectivity index (χ1) is 15.6. The summed E-state index contributed by atoms with van der Waals surface area (Å²) in [6, 6.07) is 4.97. The van der Waals surface area contributed by atoms with Gasteiger partial charge in [0.2, 0.25) is 0 Å². The molecule has 3 heterocycles. The van der Waals surface area contributed by atoms with Gasteiger partial charge in [0.1, 0.15) is 17.2 Å². The van der Waals surface area contributed by atoms with Crippen LogP contribution in [-0.4, -0.2) is 37.6 Å². The molecule has 6 nitrogen and oxygen atoms in total.